The summed E-state index contributed by atoms with van der Waals surface area (Å²) in [6, 6.07) is 4.47. The summed E-state index contributed by atoms with van der Waals surface area (Å²) in [5.74, 6) is -0.0706. The number of hydrogen-bond acceptors (Lipinski definition) is 4. The van der Waals surface area contributed by atoms with E-state index in [1.807, 2.05) is 0 Å². The number of alkyl halides is 3. The highest BCUT2D eigenvalue weighted by atomic mass is 32.2. The van der Waals surface area contributed by atoms with Crippen LogP contribution in [0.4, 0.5) is 13.2 Å². The molecule has 0 saturated heterocycles. The Bertz CT molecular complexity index is 572. The first-order valence-corrected chi connectivity index (χ1v) is 8.26. The Kier molecular flexibility index (Phi) is 5.77. The van der Waals surface area contributed by atoms with Gasteiger partial charge in [0.05, 0.1) is 17.4 Å². The third-order valence-electron chi connectivity index (χ3n) is 2.93. The molecule has 0 bridgehead atoms. The van der Waals surface area contributed by atoms with E-state index in [9.17, 15) is 26.7 Å². The van der Waals surface area contributed by atoms with E-state index in [0.717, 1.165) is 18.4 Å². The van der Waals surface area contributed by atoms with E-state index in [1.54, 1.807) is 11.9 Å². The number of benzene rings is 1. The molecule has 1 aromatic rings. The van der Waals surface area contributed by atoms with Crippen molar-refractivity contribution in [2.75, 3.05) is 32.1 Å². The van der Waals surface area contributed by atoms with Gasteiger partial charge in [0.25, 0.3) is 0 Å². The van der Waals surface area contributed by atoms with Crippen LogP contribution >= 0.6 is 0 Å². The molecule has 1 aromatic carbocycles. The monoisotopic (exact) mass is 325 g/mol. The minimum atomic E-state index is -4.46. The fourth-order valence-electron chi connectivity index (χ4n) is 1.74. The zero-order valence-electron chi connectivity index (χ0n) is 11.8. The number of likely N-dealkylation sites (N-methyl/N-ethyl adjacent to an activating group) is 1. The molecule has 0 amide bonds. The van der Waals surface area contributed by atoms with Crippen LogP contribution < -0.4 is 0 Å². The van der Waals surface area contributed by atoms with E-state index in [4.69, 9.17) is 0 Å². The van der Waals surface area contributed by atoms with Gasteiger partial charge in [0, 0.05) is 19.3 Å². The topological polar surface area (TPSA) is 57.6 Å². The Hall–Kier alpha value is -1.12. The highest BCUT2D eigenvalue weighted by Crippen LogP contribution is 2.30. The van der Waals surface area contributed by atoms with Crippen molar-refractivity contribution in [2.45, 2.75) is 12.3 Å². The average Bonchev–Trinajstić information content (AvgIpc) is 2.34. The van der Waals surface area contributed by atoms with Gasteiger partial charge in [-0.15, -0.1) is 0 Å². The van der Waals surface area contributed by atoms with E-state index in [1.165, 1.54) is 12.1 Å². The van der Waals surface area contributed by atoms with Gasteiger partial charge in [0.15, 0.2) is 0 Å². The van der Waals surface area contributed by atoms with Crippen LogP contribution in [0.3, 0.4) is 0 Å². The molecule has 1 unspecified atom stereocenters. The van der Waals surface area contributed by atoms with E-state index in [2.05, 4.69) is 0 Å². The lowest BCUT2D eigenvalue weighted by atomic mass is 10.1. The molecule has 1 atom stereocenters. The van der Waals surface area contributed by atoms with Gasteiger partial charge in [-0.3, -0.25) is 0 Å². The van der Waals surface area contributed by atoms with Gasteiger partial charge in [-0.1, -0.05) is 12.1 Å². The quantitative estimate of drug-likeness (QED) is 0.865. The lowest BCUT2D eigenvalue weighted by Crippen LogP contribution is -2.29. The van der Waals surface area contributed by atoms with Crippen molar-refractivity contribution < 1.29 is 26.7 Å². The zero-order chi connectivity index (χ0) is 16.3. The fraction of sp³-hybridized carbons (Fsp3) is 0.538. The number of nitrogens with zero attached hydrogens (tertiary/aromatic N) is 1. The molecule has 8 heteroatoms. The largest absolute Gasteiger partial charge is 0.416 e. The summed E-state index contributed by atoms with van der Waals surface area (Å²) in [5, 5.41) is 9.95. The number of rotatable bonds is 6. The molecule has 0 aliphatic rings. The standard InChI is InChI=1S/C13H18F3NO3S/c1-17(6-7-21(2,19)20)9-12(18)10-4-3-5-11(8-10)13(14,15)16/h3-5,8,12,18H,6-7,9H2,1-2H3. The van der Waals surface area contributed by atoms with Gasteiger partial charge >= 0.3 is 6.18 Å². The van der Waals surface area contributed by atoms with Crippen molar-refractivity contribution >= 4 is 9.84 Å². The van der Waals surface area contributed by atoms with Crippen LogP contribution in [0.2, 0.25) is 0 Å². The predicted molar refractivity (Wildman–Crippen MR) is 73.6 cm³/mol. The summed E-state index contributed by atoms with van der Waals surface area (Å²) in [4.78, 5) is 1.56. The Labute approximate surface area is 122 Å². The first-order valence-electron chi connectivity index (χ1n) is 6.20. The summed E-state index contributed by atoms with van der Waals surface area (Å²) in [5.41, 5.74) is -0.672. The van der Waals surface area contributed by atoms with Crippen LogP contribution in [-0.4, -0.2) is 50.6 Å². The lowest BCUT2D eigenvalue weighted by molar-refractivity contribution is -0.137. The van der Waals surface area contributed by atoms with Gasteiger partial charge in [-0.25, -0.2) is 8.42 Å². The third-order valence-corrected chi connectivity index (χ3v) is 3.85. The molecule has 1 rings (SSSR count). The number of hydrogen-bond donors (Lipinski definition) is 1. The fourth-order valence-corrected chi connectivity index (χ4v) is 2.38. The van der Waals surface area contributed by atoms with E-state index in [0.29, 0.717) is 0 Å². The lowest BCUT2D eigenvalue weighted by Gasteiger charge is -2.21. The minimum Gasteiger partial charge on any atom is -0.387 e. The second-order valence-corrected chi connectivity index (χ2v) is 7.29. The van der Waals surface area contributed by atoms with Crippen molar-refractivity contribution in [1.82, 2.24) is 4.90 Å². The number of sulfone groups is 1. The molecular weight excluding hydrogens is 307 g/mol. The van der Waals surface area contributed by atoms with Crippen LogP contribution in [0.15, 0.2) is 24.3 Å². The van der Waals surface area contributed by atoms with Crippen molar-refractivity contribution in [1.29, 1.82) is 0 Å². The Morgan fingerprint density at radius 1 is 1.33 bits per heavy atom. The first kappa shape index (κ1) is 17.9. The molecule has 0 spiro atoms. The normalized spacial score (nSPS) is 14.4. The highest BCUT2D eigenvalue weighted by Gasteiger charge is 2.30. The molecule has 120 valence electrons. The minimum absolute atomic E-state index is 0.0524. The summed E-state index contributed by atoms with van der Waals surface area (Å²) in [6.07, 6.45) is -4.47. The third kappa shape index (κ3) is 6.45. The molecular formula is C13H18F3NO3S. The van der Waals surface area contributed by atoms with Crippen molar-refractivity contribution in [3.8, 4) is 0 Å². The molecule has 4 nitrogen and oxygen atoms in total. The van der Waals surface area contributed by atoms with Crippen molar-refractivity contribution in [3.63, 3.8) is 0 Å². The highest BCUT2D eigenvalue weighted by molar-refractivity contribution is 7.90. The zero-order valence-corrected chi connectivity index (χ0v) is 12.6. The van der Waals surface area contributed by atoms with E-state index < -0.39 is 27.7 Å². The summed E-state index contributed by atoms with van der Waals surface area (Å²) >= 11 is 0. The van der Waals surface area contributed by atoms with E-state index >= 15 is 0 Å². The Morgan fingerprint density at radius 3 is 2.48 bits per heavy atom. The number of aliphatic hydroxyl groups excluding tert-OH is 1. The van der Waals surface area contributed by atoms with Crippen molar-refractivity contribution in [3.05, 3.63) is 35.4 Å². The van der Waals surface area contributed by atoms with E-state index in [-0.39, 0.29) is 24.4 Å². The molecule has 0 aliphatic heterocycles. The molecule has 0 radical (unpaired) electrons. The average molecular weight is 325 g/mol. The molecule has 0 aliphatic carbocycles. The van der Waals surface area contributed by atoms with Gasteiger partial charge in [-0.05, 0) is 24.7 Å². The smallest absolute Gasteiger partial charge is 0.387 e. The SMILES string of the molecule is CN(CCS(C)(=O)=O)CC(O)c1cccc(C(F)(F)F)c1. The van der Waals surface area contributed by atoms with Gasteiger partial charge < -0.3 is 10.0 Å². The maximum atomic E-state index is 12.6. The van der Waals surface area contributed by atoms with Crippen LogP contribution in [0, 0.1) is 0 Å². The first-order chi connectivity index (χ1) is 9.49. The van der Waals surface area contributed by atoms with Crippen LogP contribution in [0.1, 0.15) is 17.2 Å². The molecule has 0 fully saturated rings. The maximum absolute atomic E-state index is 12.6. The number of halogens is 3. The molecule has 0 saturated carbocycles. The summed E-state index contributed by atoms with van der Waals surface area (Å²) < 4.78 is 59.8. The summed E-state index contributed by atoms with van der Waals surface area (Å²) in [6.45, 7) is 0.256. The van der Waals surface area contributed by atoms with Gasteiger partial charge in [0.2, 0.25) is 0 Å². The van der Waals surface area contributed by atoms with Crippen LogP contribution in [0.5, 0.6) is 0 Å². The second-order valence-electron chi connectivity index (χ2n) is 5.03. The maximum Gasteiger partial charge on any atom is 0.416 e. The van der Waals surface area contributed by atoms with Crippen LogP contribution in [0.25, 0.3) is 0 Å². The van der Waals surface area contributed by atoms with Gasteiger partial charge in [-0.2, -0.15) is 13.2 Å². The Balaban J connectivity index is 2.69. The van der Waals surface area contributed by atoms with Gasteiger partial charge in [0.1, 0.15) is 9.84 Å². The Morgan fingerprint density at radius 2 is 1.95 bits per heavy atom. The second kappa shape index (κ2) is 6.76. The summed E-state index contributed by atoms with van der Waals surface area (Å²) in [7, 11) is -1.52. The molecule has 0 aromatic heterocycles. The molecule has 1 N–H and O–H groups in total. The van der Waals surface area contributed by atoms with Crippen molar-refractivity contribution in [2.24, 2.45) is 0 Å². The molecule has 21 heavy (non-hydrogen) atoms. The predicted octanol–water partition coefficient (Wildman–Crippen LogP) is 1.72. The number of aliphatic hydroxyl groups is 1. The van der Waals surface area contributed by atoms with Crippen LogP contribution in [-0.2, 0) is 16.0 Å². The molecule has 0 heterocycles.